The minimum Gasteiger partial charge on any atom is -0.370 e. The third-order valence-electron chi connectivity index (χ3n) is 0. The summed E-state index contributed by atoms with van der Waals surface area (Å²) in [6.45, 7) is 0. The fourth-order valence-corrected chi connectivity index (χ4v) is 0. The Balaban J connectivity index is -0.0000000910. The summed E-state index contributed by atoms with van der Waals surface area (Å²) in [7, 11) is -4.17. The van der Waals surface area contributed by atoms with Crippen LogP contribution in [0.1, 0.15) is 0 Å². The number of hydrogen-bond donors (Lipinski definition) is 5. The first-order valence-electron chi connectivity index (χ1n) is 1.58. The lowest BCUT2D eigenvalue weighted by Crippen LogP contribution is -2.20. The molecule has 0 spiro atoms. The van der Waals surface area contributed by atoms with Crippen molar-refractivity contribution in [2.75, 3.05) is 0 Å². The Morgan fingerprint density at radius 3 is 1.40 bits per heavy atom. The van der Waals surface area contributed by atoms with Crippen LogP contribution in [0.5, 0.6) is 0 Å². The van der Waals surface area contributed by atoms with Gasteiger partial charge in [-0.05, 0) is 0 Å². The van der Waals surface area contributed by atoms with Crippen molar-refractivity contribution < 1.29 is 13.0 Å². The number of nitrogens with two attached hydrogens (primary N) is 3. The van der Waals surface area contributed by atoms with Crippen LogP contribution in [-0.2, 0) is 10.3 Å². The smallest absolute Gasteiger partial charge is 0.330 e. The molecule has 8 N–H and O–H groups in total. The number of nitrogens with one attached hydrogen (secondary N) is 1. The van der Waals surface area contributed by atoms with E-state index in [4.69, 9.17) is 18.4 Å². The van der Waals surface area contributed by atoms with Gasteiger partial charge in [-0.25, -0.2) is 5.14 Å². The Bertz CT molecular complexity index is 163. The van der Waals surface area contributed by atoms with Crippen molar-refractivity contribution in [3.05, 3.63) is 0 Å². The van der Waals surface area contributed by atoms with Gasteiger partial charge in [0, 0.05) is 0 Å². The molecule has 0 radical (unpaired) electrons. The summed E-state index contributed by atoms with van der Waals surface area (Å²) in [5.41, 5.74) is 8.94. The summed E-state index contributed by atoms with van der Waals surface area (Å²) in [6, 6.07) is 0. The van der Waals surface area contributed by atoms with Crippen LogP contribution in [0.3, 0.4) is 0 Å². The molecule has 0 aliphatic carbocycles. The van der Waals surface area contributed by atoms with Gasteiger partial charge in [0.1, 0.15) is 0 Å². The molecule has 1 atom stereocenters. The van der Waals surface area contributed by atoms with E-state index in [9.17, 15) is 0 Å². The molecule has 0 aliphatic rings. The predicted octanol–water partition coefficient (Wildman–Crippen LogP) is -2.36. The van der Waals surface area contributed by atoms with Crippen LogP contribution >= 0.6 is 9.90 Å². The minimum atomic E-state index is -4.17. The first-order chi connectivity index (χ1) is 3.73. The molecule has 9 heteroatoms. The minimum absolute atomic E-state index is 0. The Morgan fingerprint density at radius 1 is 1.40 bits per heavy atom. The quantitative estimate of drug-likeness (QED) is 0.125. The average Bonchev–Trinajstić information content (AvgIpc) is 1.19. The molecule has 0 aliphatic heterocycles. The molecule has 0 aromatic carbocycles. The molecule has 0 saturated heterocycles. The lowest BCUT2D eigenvalue weighted by molar-refractivity contribution is 0.485. The first-order valence-corrected chi connectivity index (χ1v) is 3.08. The molecule has 10 heavy (non-hydrogen) atoms. The Labute approximate surface area is 62.0 Å². The molecule has 0 aromatic heterocycles. The molecule has 0 fully saturated rings. The monoisotopic (exact) mass is 190 g/mol. The van der Waals surface area contributed by atoms with E-state index in [0.29, 0.717) is 0 Å². The largest absolute Gasteiger partial charge is 0.370 e. The molecule has 0 aromatic rings. The highest BCUT2D eigenvalue weighted by Gasteiger charge is 1.81. The van der Waals surface area contributed by atoms with Gasteiger partial charge in [0.2, 0.25) is 0 Å². The van der Waals surface area contributed by atoms with Gasteiger partial charge < -0.3 is 11.5 Å². The van der Waals surface area contributed by atoms with Gasteiger partial charge in [-0.15, -0.1) is 0 Å². The van der Waals surface area contributed by atoms with Crippen LogP contribution < -0.4 is 16.6 Å². The molecule has 0 saturated carbocycles. The molecule has 0 bridgehead atoms. The van der Waals surface area contributed by atoms with Crippen molar-refractivity contribution in [2.45, 2.75) is 0 Å². The van der Waals surface area contributed by atoms with Crippen molar-refractivity contribution in [3.63, 3.8) is 0 Å². The summed E-state index contributed by atoms with van der Waals surface area (Å²) in [4.78, 5) is 0. The SMILES string of the molecule is N=C(N)N.NS(=O)(=O)O.P. The molecule has 1 unspecified atom stereocenters. The second-order valence-electron chi connectivity index (χ2n) is 0.970. The van der Waals surface area contributed by atoms with E-state index in [0.717, 1.165) is 0 Å². The zero-order chi connectivity index (χ0) is 8.08. The van der Waals surface area contributed by atoms with Gasteiger partial charge >= 0.3 is 10.3 Å². The van der Waals surface area contributed by atoms with E-state index in [1.165, 1.54) is 0 Å². The van der Waals surface area contributed by atoms with Crippen molar-refractivity contribution in [3.8, 4) is 0 Å². The van der Waals surface area contributed by atoms with Crippen LogP contribution in [0.25, 0.3) is 0 Å². The van der Waals surface area contributed by atoms with E-state index in [2.05, 4.69) is 16.6 Å². The molecule has 7 nitrogen and oxygen atoms in total. The van der Waals surface area contributed by atoms with Crippen LogP contribution in [-0.4, -0.2) is 18.9 Å². The summed E-state index contributed by atoms with van der Waals surface area (Å²) in [6.07, 6.45) is 0. The standard InChI is InChI=1S/CH5N3.H3NO3S.H3P/c2-1(3)4;1-5(2,3)4;/h(H5,2,3,4);(H3,1,2,3,4);1H3. The second-order valence-corrected chi connectivity index (χ2v) is 2.00. The van der Waals surface area contributed by atoms with Crippen molar-refractivity contribution in [1.29, 1.82) is 5.41 Å². The number of guanidine groups is 1. The highest BCUT2D eigenvalue weighted by atomic mass is 32.2. The fourth-order valence-electron chi connectivity index (χ4n) is 0. The lowest BCUT2D eigenvalue weighted by atomic mass is 11.1. The summed E-state index contributed by atoms with van der Waals surface area (Å²) < 4.78 is 25.2. The molecule has 64 valence electrons. The summed E-state index contributed by atoms with van der Waals surface area (Å²) in [5.74, 6) is -0.333. The van der Waals surface area contributed by atoms with Gasteiger partial charge in [-0.1, -0.05) is 0 Å². The van der Waals surface area contributed by atoms with E-state index in [-0.39, 0.29) is 15.9 Å². The first kappa shape index (κ1) is 16.3. The lowest BCUT2D eigenvalue weighted by Gasteiger charge is -1.70. The Kier molecular flexibility index (Phi) is 10.9. The molecular formula is CH11N4O3PS. The van der Waals surface area contributed by atoms with Crippen molar-refractivity contribution >= 4 is 26.2 Å². The maximum Gasteiger partial charge on any atom is 0.330 e. The third kappa shape index (κ3) is 1770. The maximum atomic E-state index is 8.97. The van der Waals surface area contributed by atoms with Gasteiger partial charge in [0.25, 0.3) is 0 Å². The second kappa shape index (κ2) is 6.69. The third-order valence-corrected chi connectivity index (χ3v) is 0. The number of hydrogen-bond acceptors (Lipinski definition) is 3. The summed E-state index contributed by atoms with van der Waals surface area (Å²) in [5, 5.41) is 9.94. The van der Waals surface area contributed by atoms with Crippen LogP contribution in [0.2, 0.25) is 0 Å². The highest BCUT2D eigenvalue weighted by Crippen LogP contribution is 1.50. The van der Waals surface area contributed by atoms with Gasteiger partial charge in [0.05, 0.1) is 0 Å². The van der Waals surface area contributed by atoms with E-state index in [1.54, 1.807) is 0 Å². The highest BCUT2D eigenvalue weighted by molar-refractivity contribution is 7.83. The molecule has 0 heterocycles. The van der Waals surface area contributed by atoms with E-state index >= 15 is 0 Å². The summed E-state index contributed by atoms with van der Waals surface area (Å²) >= 11 is 0. The Morgan fingerprint density at radius 2 is 1.40 bits per heavy atom. The van der Waals surface area contributed by atoms with Gasteiger partial charge in [-0.2, -0.15) is 18.3 Å². The maximum absolute atomic E-state index is 8.97. The molecular weight excluding hydrogens is 179 g/mol. The van der Waals surface area contributed by atoms with Crippen molar-refractivity contribution in [1.82, 2.24) is 0 Å². The van der Waals surface area contributed by atoms with E-state index < -0.39 is 10.3 Å². The topological polar surface area (TPSA) is 156 Å². The Hall–Kier alpha value is -0.430. The van der Waals surface area contributed by atoms with E-state index in [1.807, 2.05) is 0 Å². The van der Waals surface area contributed by atoms with Crippen LogP contribution in [0.15, 0.2) is 0 Å². The molecule has 0 amide bonds. The molecule has 0 rings (SSSR count). The van der Waals surface area contributed by atoms with Gasteiger partial charge in [-0.3, -0.25) is 9.96 Å². The normalized spacial score (nSPS) is 8.20. The zero-order valence-corrected chi connectivity index (χ0v) is 7.34. The predicted molar refractivity (Wildman–Crippen MR) is 42.9 cm³/mol. The van der Waals surface area contributed by atoms with Crippen molar-refractivity contribution in [2.24, 2.45) is 16.6 Å². The van der Waals surface area contributed by atoms with Gasteiger partial charge in [0.15, 0.2) is 5.96 Å². The van der Waals surface area contributed by atoms with Crippen LogP contribution in [0.4, 0.5) is 0 Å². The average molecular weight is 190 g/mol. The van der Waals surface area contributed by atoms with Crippen LogP contribution in [0, 0.1) is 5.41 Å². The number of rotatable bonds is 0. The zero-order valence-electron chi connectivity index (χ0n) is 5.11. The fraction of sp³-hybridized carbons (Fsp3) is 0.